The van der Waals surface area contributed by atoms with Gasteiger partial charge in [-0.15, -0.1) is 11.8 Å². The summed E-state index contributed by atoms with van der Waals surface area (Å²) in [5.74, 6) is -1.26. The Morgan fingerprint density at radius 3 is 2.20 bits per heavy atom. The maximum absolute atomic E-state index is 13.3. The molecule has 0 aromatic heterocycles. The van der Waals surface area contributed by atoms with Crippen LogP contribution in [0.4, 0.5) is 17.6 Å². The number of carbonyl (C=O) groups excluding carboxylic acids is 1. The fourth-order valence-electron chi connectivity index (χ4n) is 2.04. The molecular weight excluding hydrogens is 358 g/mol. The standard InChI is InChI=1S/C17H15F4NO2S/c18-13-6-8-14(9-7-13)25-10-15(23)22-11-16(24,17(19,20)21)12-4-2-1-3-5-12/h1-9,24H,10-11H2,(H,22,23)/t16-/m0/s1. The number of benzene rings is 2. The molecular formula is C17H15F4NO2S. The van der Waals surface area contributed by atoms with Gasteiger partial charge in [0.15, 0.2) is 0 Å². The van der Waals surface area contributed by atoms with Crippen LogP contribution < -0.4 is 5.32 Å². The summed E-state index contributed by atoms with van der Waals surface area (Å²) in [5.41, 5.74) is -3.53. The molecule has 0 bridgehead atoms. The van der Waals surface area contributed by atoms with E-state index in [4.69, 9.17) is 0 Å². The van der Waals surface area contributed by atoms with Crippen molar-refractivity contribution in [1.82, 2.24) is 5.32 Å². The van der Waals surface area contributed by atoms with E-state index in [0.717, 1.165) is 23.9 Å². The third-order valence-corrected chi connectivity index (χ3v) is 4.46. The van der Waals surface area contributed by atoms with E-state index in [1.807, 2.05) is 0 Å². The quantitative estimate of drug-likeness (QED) is 0.602. The minimum absolute atomic E-state index is 0.158. The lowest BCUT2D eigenvalue weighted by Crippen LogP contribution is -2.51. The monoisotopic (exact) mass is 373 g/mol. The van der Waals surface area contributed by atoms with Crippen LogP contribution in [0, 0.1) is 5.82 Å². The fourth-order valence-corrected chi connectivity index (χ4v) is 2.77. The van der Waals surface area contributed by atoms with Crippen LogP contribution in [0.2, 0.25) is 0 Å². The van der Waals surface area contributed by atoms with Crippen molar-refractivity contribution in [2.24, 2.45) is 0 Å². The molecule has 0 radical (unpaired) electrons. The molecule has 0 aliphatic carbocycles. The van der Waals surface area contributed by atoms with E-state index in [2.05, 4.69) is 5.32 Å². The fraction of sp³-hybridized carbons (Fsp3) is 0.235. The van der Waals surface area contributed by atoms with Crippen molar-refractivity contribution in [3.63, 3.8) is 0 Å². The van der Waals surface area contributed by atoms with Gasteiger partial charge in [-0.05, 0) is 29.8 Å². The molecule has 25 heavy (non-hydrogen) atoms. The summed E-state index contributed by atoms with van der Waals surface area (Å²) >= 11 is 1.05. The van der Waals surface area contributed by atoms with Crippen LogP contribution in [0.3, 0.4) is 0 Å². The molecule has 134 valence electrons. The number of hydrogen-bond acceptors (Lipinski definition) is 3. The largest absolute Gasteiger partial charge is 0.423 e. The first-order valence-electron chi connectivity index (χ1n) is 7.22. The lowest BCUT2D eigenvalue weighted by atomic mass is 9.93. The number of thioether (sulfide) groups is 1. The molecule has 0 spiro atoms. The van der Waals surface area contributed by atoms with E-state index in [0.29, 0.717) is 4.90 Å². The highest BCUT2D eigenvalue weighted by Gasteiger charge is 2.55. The summed E-state index contributed by atoms with van der Waals surface area (Å²) in [5, 5.41) is 12.2. The molecule has 0 saturated heterocycles. The Labute approximate surface area is 146 Å². The number of rotatable bonds is 6. The molecule has 2 rings (SSSR count). The molecule has 1 atom stereocenters. The number of amides is 1. The molecule has 8 heteroatoms. The number of alkyl halides is 3. The van der Waals surface area contributed by atoms with Crippen molar-refractivity contribution < 1.29 is 27.5 Å². The van der Waals surface area contributed by atoms with Gasteiger partial charge in [-0.25, -0.2) is 4.39 Å². The number of halogens is 4. The molecule has 0 fully saturated rings. The van der Waals surface area contributed by atoms with Gasteiger partial charge in [0.1, 0.15) is 5.82 Å². The second-order valence-corrected chi connectivity index (χ2v) is 6.29. The molecule has 2 N–H and O–H groups in total. The number of carbonyl (C=O) groups is 1. The molecule has 1 amide bonds. The van der Waals surface area contributed by atoms with Gasteiger partial charge in [0.25, 0.3) is 0 Å². The highest BCUT2D eigenvalue weighted by Crippen LogP contribution is 2.38. The van der Waals surface area contributed by atoms with E-state index in [1.165, 1.54) is 42.5 Å². The second kappa shape index (κ2) is 7.88. The average molecular weight is 373 g/mol. The van der Waals surface area contributed by atoms with E-state index in [-0.39, 0.29) is 11.3 Å². The van der Waals surface area contributed by atoms with Crippen molar-refractivity contribution >= 4 is 17.7 Å². The molecule has 2 aromatic rings. The van der Waals surface area contributed by atoms with Crippen LogP contribution in [-0.4, -0.2) is 29.5 Å². The summed E-state index contributed by atoms with van der Waals surface area (Å²) < 4.78 is 52.6. The predicted molar refractivity (Wildman–Crippen MR) is 86.5 cm³/mol. The van der Waals surface area contributed by atoms with Gasteiger partial charge in [-0.1, -0.05) is 30.3 Å². The summed E-state index contributed by atoms with van der Waals surface area (Å²) in [4.78, 5) is 12.4. The van der Waals surface area contributed by atoms with Crippen LogP contribution in [0.15, 0.2) is 59.5 Å². The lowest BCUT2D eigenvalue weighted by molar-refractivity contribution is -0.264. The Balaban J connectivity index is 1.98. The maximum Gasteiger partial charge on any atom is 0.423 e. The smallest absolute Gasteiger partial charge is 0.375 e. The summed E-state index contributed by atoms with van der Waals surface area (Å²) in [6.07, 6.45) is -4.95. The maximum atomic E-state index is 13.3. The van der Waals surface area contributed by atoms with E-state index < -0.39 is 30.0 Å². The molecule has 0 aliphatic rings. The Hall–Kier alpha value is -2.06. The number of nitrogens with one attached hydrogen (secondary N) is 1. The number of hydrogen-bond donors (Lipinski definition) is 2. The van der Waals surface area contributed by atoms with Crippen LogP contribution in [-0.2, 0) is 10.4 Å². The van der Waals surface area contributed by atoms with E-state index in [9.17, 15) is 27.5 Å². The van der Waals surface area contributed by atoms with Crippen molar-refractivity contribution in [2.75, 3.05) is 12.3 Å². The van der Waals surface area contributed by atoms with E-state index in [1.54, 1.807) is 0 Å². The summed E-state index contributed by atoms with van der Waals surface area (Å²) in [6, 6.07) is 11.9. The predicted octanol–water partition coefficient (Wildman–Crippen LogP) is 3.48. The van der Waals surface area contributed by atoms with Crippen LogP contribution in [0.25, 0.3) is 0 Å². The van der Waals surface area contributed by atoms with Crippen LogP contribution in [0.1, 0.15) is 5.56 Å². The average Bonchev–Trinajstić information content (AvgIpc) is 2.59. The third-order valence-electron chi connectivity index (χ3n) is 3.45. The first-order valence-corrected chi connectivity index (χ1v) is 8.20. The summed E-state index contributed by atoms with van der Waals surface area (Å²) in [7, 11) is 0. The molecule has 0 saturated carbocycles. The Morgan fingerprint density at radius 1 is 1.04 bits per heavy atom. The van der Waals surface area contributed by atoms with Gasteiger partial charge >= 0.3 is 6.18 Å². The topological polar surface area (TPSA) is 49.3 Å². The first kappa shape index (κ1) is 19.3. The summed E-state index contributed by atoms with van der Waals surface area (Å²) in [6.45, 7) is -0.997. The highest BCUT2D eigenvalue weighted by molar-refractivity contribution is 8.00. The van der Waals surface area contributed by atoms with Crippen LogP contribution in [0.5, 0.6) is 0 Å². The zero-order valence-corrected chi connectivity index (χ0v) is 13.7. The third kappa shape index (κ3) is 4.96. The van der Waals surface area contributed by atoms with Crippen molar-refractivity contribution in [2.45, 2.75) is 16.7 Å². The lowest BCUT2D eigenvalue weighted by Gasteiger charge is -2.31. The number of aliphatic hydroxyl groups is 1. The normalized spacial score (nSPS) is 14.0. The Morgan fingerprint density at radius 2 is 1.64 bits per heavy atom. The van der Waals surface area contributed by atoms with Crippen molar-refractivity contribution in [3.8, 4) is 0 Å². The van der Waals surface area contributed by atoms with Gasteiger partial charge in [0, 0.05) is 4.90 Å². The van der Waals surface area contributed by atoms with Gasteiger partial charge in [-0.2, -0.15) is 13.2 Å². The van der Waals surface area contributed by atoms with Gasteiger partial charge in [-0.3, -0.25) is 4.79 Å². The van der Waals surface area contributed by atoms with Gasteiger partial charge < -0.3 is 10.4 Å². The molecule has 3 nitrogen and oxygen atoms in total. The molecule has 0 aliphatic heterocycles. The van der Waals surface area contributed by atoms with Gasteiger partial charge in [0.05, 0.1) is 12.3 Å². The first-order chi connectivity index (χ1) is 11.7. The zero-order valence-electron chi connectivity index (χ0n) is 12.9. The van der Waals surface area contributed by atoms with Gasteiger partial charge in [0.2, 0.25) is 11.5 Å². The minimum atomic E-state index is -4.95. The zero-order chi connectivity index (χ0) is 18.5. The van der Waals surface area contributed by atoms with Crippen molar-refractivity contribution in [1.29, 1.82) is 0 Å². The van der Waals surface area contributed by atoms with E-state index >= 15 is 0 Å². The molecule has 2 aromatic carbocycles. The van der Waals surface area contributed by atoms with Crippen LogP contribution >= 0.6 is 11.8 Å². The molecule has 0 unspecified atom stereocenters. The minimum Gasteiger partial charge on any atom is -0.375 e. The Bertz CT molecular complexity index is 707. The second-order valence-electron chi connectivity index (χ2n) is 5.24. The highest BCUT2D eigenvalue weighted by atomic mass is 32.2. The van der Waals surface area contributed by atoms with Crippen molar-refractivity contribution in [3.05, 3.63) is 66.0 Å². The Kier molecular flexibility index (Phi) is 6.07. The molecule has 0 heterocycles. The SMILES string of the molecule is O=C(CSc1ccc(F)cc1)NC[C@](O)(c1ccccc1)C(F)(F)F.